The van der Waals surface area contributed by atoms with Crippen molar-refractivity contribution in [3.8, 4) is 24.3 Å². The van der Waals surface area contributed by atoms with Crippen molar-refractivity contribution in [1.82, 2.24) is 0 Å². The summed E-state index contributed by atoms with van der Waals surface area (Å²) in [5, 5.41) is 10.3. The monoisotopic (exact) mass is 592 g/mol. The molecule has 2 N–H and O–H groups in total. The van der Waals surface area contributed by atoms with Gasteiger partial charge in [0.25, 0.3) is 0 Å². The zero-order valence-electron chi connectivity index (χ0n) is 21.5. The number of benzene rings is 2. The van der Waals surface area contributed by atoms with E-state index in [0.717, 1.165) is 13.8 Å². The number of hydrogen-bond donors (Lipinski definition) is 2. The fourth-order valence-electron chi connectivity index (χ4n) is 2.74. The van der Waals surface area contributed by atoms with E-state index in [-0.39, 0.29) is 30.3 Å². The fraction of sp³-hybridized carbons (Fsp3) is 0.360. The third-order valence-electron chi connectivity index (χ3n) is 4.89. The summed E-state index contributed by atoms with van der Waals surface area (Å²) in [6, 6.07) is 9.12. The van der Waals surface area contributed by atoms with Crippen molar-refractivity contribution in [2.75, 3.05) is 29.9 Å². The molecule has 1 aliphatic heterocycles. The molecule has 1 aliphatic rings. The molecule has 0 aliphatic carbocycles. The number of aliphatic carboxylic acids is 1. The van der Waals surface area contributed by atoms with Crippen molar-refractivity contribution in [3.63, 3.8) is 0 Å². The van der Waals surface area contributed by atoms with Crippen LogP contribution in [0.15, 0.2) is 41.3 Å². The first-order valence-electron chi connectivity index (χ1n) is 11.1. The number of nitrogens with zero attached hydrogens (tertiary/aromatic N) is 1. The molecular formula is C25H28ClF3N2O7S. The Labute approximate surface area is 231 Å². The lowest BCUT2D eigenvalue weighted by Crippen LogP contribution is -2.44. The van der Waals surface area contributed by atoms with Crippen LogP contribution in [0.25, 0.3) is 0 Å². The second kappa shape index (κ2) is 14.5. The molecule has 0 radical (unpaired) electrons. The zero-order chi connectivity index (χ0) is 30.0. The van der Waals surface area contributed by atoms with Gasteiger partial charge >= 0.3 is 18.2 Å². The number of amides is 1. The van der Waals surface area contributed by atoms with Crippen molar-refractivity contribution in [2.24, 2.45) is 0 Å². The number of hydrogen-bond acceptors (Lipinski definition) is 6. The lowest BCUT2D eigenvalue weighted by molar-refractivity contribution is -0.242. The van der Waals surface area contributed by atoms with Crippen molar-refractivity contribution < 1.29 is 46.3 Å². The predicted molar refractivity (Wildman–Crippen MR) is 142 cm³/mol. The molecule has 1 atom stereocenters. The second-order valence-electron chi connectivity index (χ2n) is 7.95. The first-order chi connectivity index (χ1) is 18.2. The Morgan fingerprint density at radius 1 is 1.21 bits per heavy atom. The number of carbonyl (C=O) groups excluding carboxylic acids is 1. The van der Waals surface area contributed by atoms with E-state index in [1.165, 1.54) is 29.6 Å². The van der Waals surface area contributed by atoms with E-state index >= 15 is 0 Å². The molecule has 0 fully saturated rings. The summed E-state index contributed by atoms with van der Waals surface area (Å²) in [5.74, 6) is 0.111. The number of fused-ring (bicyclic) bond motifs is 1. The number of methoxy groups -OCH3 is 1. The van der Waals surface area contributed by atoms with Crippen LogP contribution in [0, 0.1) is 12.8 Å². The van der Waals surface area contributed by atoms with Crippen LogP contribution in [0.3, 0.4) is 0 Å². The van der Waals surface area contributed by atoms with Gasteiger partial charge in [-0.3, -0.25) is 14.4 Å². The number of terminal acetylenes is 1. The molecule has 0 spiro atoms. The minimum atomic E-state index is -4.74. The van der Waals surface area contributed by atoms with Crippen LogP contribution < -0.4 is 19.1 Å². The van der Waals surface area contributed by atoms with E-state index in [2.05, 4.69) is 22.9 Å². The molecule has 214 valence electrons. The van der Waals surface area contributed by atoms with Crippen LogP contribution >= 0.6 is 11.6 Å². The minimum absolute atomic E-state index is 0.135. The lowest BCUT2D eigenvalue weighted by Gasteiger charge is -2.31. The third kappa shape index (κ3) is 9.26. The Bertz CT molecular complexity index is 1210. The molecule has 2 aromatic carbocycles. The van der Waals surface area contributed by atoms with E-state index in [1.807, 2.05) is 0 Å². The predicted octanol–water partition coefficient (Wildman–Crippen LogP) is 5.89. The quantitative estimate of drug-likeness (QED) is 0.402. The van der Waals surface area contributed by atoms with Gasteiger partial charge in [0.1, 0.15) is 18.1 Å². The maximum Gasteiger partial charge on any atom is 0.427 e. The van der Waals surface area contributed by atoms with Crippen molar-refractivity contribution in [1.29, 1.82) is 0 Å². The van der Waals surface area contributed by atoms with Gasteiger partial charge < -0.3 is 19.3 Å². The molecule has 2 aromatic rings. The Morgan fingerprint density at radius 2 is 1.82 bits per heavy atom. The van der Waals surface area contributed by atoms with Crippen LogP contribution in [0.2, 0.25) is 5.02 Å². The maximum atomic E-state index is 13.3. The molecule has 1 unspecified atom stereocenters. The van der Waals surface area contributed by atoms with E-state index in [1.54, 1.807) is 25.1 Å². The number of rotatable bonds is 6. The van der Waals surface area contributed by atoms with Crippen molar-refractivity contribution >= 4 is 46.0 Å². The summed E-state index contributed by atoms with van der Waals surface area (Å²) in [6.45, 7) is 3.57. The molecule has 0 bridgehead atoms. The number of carbonyl (C=O) groups is 2. The molecule has 0 saturated heterocycles. The molecule has 1 amide bonds. The summed E-state index contributed by atoms with van der Waals surface area (Å²) < 4.78 is 69.0. The van der Waals surface area contributed by atoms with Gasteiger partial charge in [0, 0.05) is 12.1 Å². The normalized spacial score (nSPS) is 13.1. The van der Waals surface area contributed by atoms with Crippen LogP contribution in [0.4, 0.5) is 29.3 Å². The number of carboxylic acids is 1. The number of alkyl halides is 3. The standard InChI is InChI=1S/C20H20ClF3N2O5S.C3H6O2.C2H2/c1-19(2,20(22,23)24)31-18(27)25-12-4-7-16-15(10-12)26(8-9-30-16)32(28)17-11-13(29-3)5-6-14(17)21;1-2-3(4)5;1-2/h4-7,10-11H,8-9H2,1-3H3,(H,25,27);2H2,1H3,(H,4,5);1-2H. The van der Waals surface area contributed by atoms with Gasteiger partial charge in [-0.2, -0.15) is 13.2 Å². The fourth-order valence-corrected chi connectivity index (χ4v) is 4.31. The highest BCUT2D eigenvalue weighted by atomic mass is 35.5. The van der Waals surface area contributed by atoms with Gasteiger partial charge in [-0.15, -0.1) is 12.8 Å². The number of anilines is 2. The van der Waals surface area contributed by atoms with Crippen LogP contribution in [0.1, 0.15) is 27.2 Å². The average molecular weight is 593 g/mol. The van der Waals surface area contributed by atoms with Gasteiger partial charge in [-0.25, -0.2) is 9.00 Å². The second-order valence-corrected chi connectivity index (χ2v) is 9.73. The topological polar surface area (TPSA) is 114 Å². The highest BCUT2D eigenvalue weighted by molar-refractivity contribution is 7.86. The average Bonchev–Trinajstić information content (AvgIpc) is 2.88. The molecule has 0 saturated carbocycles. The minimum Gasteiger partial charge on any atom is -0.497 e. The van der Waals surface area contributed by atoms with E-state index in [0.29, 0.717) is 22.1 Å². The summed E-state index contributed by atoms with van der Waals surface area (Å²) in [6.07, 6.45) is 2.20. The maximum absolute atomic E-state index is 13.3. The zero-order valence-corrected chi connectivity index (χ0v) is 23.1. The Morgan fingerprint density at radius 3 is 2.36 bits per heavy atom. The lowest BCUT2D eigenvalue weighted by atomic mass is 10.1. The van der Waals surface area contributed by atoms with Gasteiger partial charge in [0.2, 0.25) is 5.60 Å². The molecule has 14 heteroatoms. The molecular weight excluding hydrogens is 565 g/mol. The molecule has 3 rings (SSSR count). The largest absolute Gasteiger partial charge is 0.497 e. The molecule has 39 heavy (non-hydrogen) atoms. The number of nitrogens with one attached hydrogen (secondary N) is 1. The SMILES string of the molecule is C#C.CCC(=O)O.COc1ccc(Cl)c(S(=O)N2CCOc3ccc(NC(=O)OC(C)(C)C(F)(F)F)cc32)c1. The Hall–Kier alpha value is -3.63. The first kappa shape index (κ1) is 33.4. The molecule has 1 heterocycles. The van der Waals surface area contributed by atoms with E-state index < -0.39 is 34.8 Å². The summed E-state index contributed by atoms with van der Waals surface area (Å²) in [7, 11) is -0.285. The van der Waals surface area contributed by atoms with Crippen LogP contribution in [-0.2, 0) is 20.5 Å². The molecule has 0 aromatic heterocycles. The number of carboxylic acid groups (broad SMARTS) is 1. The van der Waals surface area contributed by atoms with Crippen LogP contribution in [-0.4, -0.2) is 53.4 Å². The molecule has 9 nitrogen and oxygen atoms in total. The highest BCUT2D eigenvalue weighted by Gasteiger charge is 2.51. The number of ether oxygens (including phenoxy) is 3. The first-order valence-corrected chi connectivity index (χ1v) is 12.6. The smallest absolute Gasteiger partial charge is 0.427 e. The third-order valence-corrected chi connectivity index (χ3v) is 6.82. The highest BCUT2D eigenvalue weighted by Crippen LogP contribution is 2.38. The van der Waals surface area contributed by atoms with Crippen LogP contribution in [0.5, 0.6) is 11.5 Å². The van der Waals surface area contributed by atoms with Gasteiger partial charge in [-0.1, -0.05) is 18.5 Å². The number of halogens is 4. The Kier molecular flexibility index (Phi) is 12.4. The van der Waals surface area contributed by atoms with Gasteiger partial charge in [0.05, 0.1) is 29.3 Å². The van der Waals surface area contributed by atoms with Crippen molar-refractivity contribution in [2.45, 2.75) is 43.9 Å². The summed E-state index contributed by atoms with van der Waals surface area (Å²) in [5.41, 5.74) is -2.18. The van der Waals surface area contributed by atoms with Gasteiger partial charge in [0.15, 0.2) is 11.0 Å². The van der Waals surface area contributed by atoms with E-state index in [9.17, 15) is 27.0 Å². The van der Waals surface area contributed by atoms with Gasteiger partial charge in [-0.05, 0) is 50.2 Å². The summed E-state index contributed by atoms with van der Waals surface area (Å²) >= 11 is 6.22. The Balaban J connectivity index is 0.000000975. The summed E-state index contributed by atoms with van der Waals surface area (Å²) in [4.78, 5) is 21.7. The van der Waals surface area contributed by atoms with E-state index in [4.69, 9.17) is 26.2 Å². The van der Waals surface area contributed by atoms with Crippen molar-refractivity contribution in [3.05, 3.63) is 41.4 Å².